The summed E-state index contributed by atoms with van der Waals surface area (Å²) < 4.78 is 0. The van der Waals surface area contributed by atoms with Gasteiger partial charge in [0.2, 0.25) is 0 Å². The van der Waals surface area contributed by atoms with Crippen molar-refractivity contribution in [1.29, 1.82) is 0 Å². The zero-order valence-corrected chi connectivity index (χ0v) is 19.0. The molecule has 0 saturated carbocycles. The first-order chi connectivity index (χ1) is 9.01. The topological polar surface area (TPSA) is 3.24 Å². The normalized spacial score (nSPS) is 8.64. The third-order valence-electron chi connectivity index (χ3n) is 1.03. The minimum Gasteiger partial charge on any atom is -0.339 e. The smallest absolute Gasteiger partial charge is 0 e. The maximum absolute atomic E-state index is 3.61. The minimum absolute atomic E-state index is 0. The summed E-state index contributed by atoms with van der Waals surface area (Å²) in [6.45, 7) is 16.5. The first-order valence-electron chi connectivity index (χ1n) is 6.89. The van der Waals surface area contributed by atoms with Gasteiger partial charge < -0.3 is 31.1 Å². The summed E-state index contributed by atoms with van der Waals surface area (Å²) in [5.74, 6) is 0. The van der Waals surface area contributed by atoms with Crippen molar-refractivity contribution in [2.45, 2.75) is 48.0 Å². The van der Waals surface area contributed by atoms with Gasteiger partial charge in [0, 0.05) is 21.7 Å². The maximum Gasteiger partial charge on any atom is 0 e. The predicted molar refractivity (Wildman–Crippen MR) is 107 cm³/mol. The van der Waals surface area contributed by atoms with Gasteiger partial charge in [-0.1, -0.05) is 0 Å². The van der Waals surface area contributed by atoms with E-state index in [1.807, 2.05) is 92.0 Å². The molecular formula is C18H38Cl2NTi-5. The van der Waals surface area contributed by atoms with Crippen molar-refractivity contribution in [1.82, 2.24) is 4.90 Å². The Morgan fingerprint density at radius 3 is 1.27 bits per heavy atom. The first-order valence-corrected chi connectivity index (χ1v) is 6.89. The van der Waals surface area contributed by atoms with Crippen molar-refractivity contribution in [2.24, 2.45) is 0 Å². The largest absolute Gasteiger partial charge is 0.339 e. The third-order valence-corrected chi connectivity index (χ3v) is 1.03. The summed E-state index contributed by atoms with van der Waals surface area (Å²) in [6.07, 6.45) is 16.0. The molecule has 22 heavy (non-hydrogen) atoms. The Morgan fingerprint density at radius 2 is 1.23 bits per heavy atom. The molecule has 0 radical (unpaired) electrons. The Hall–Kier alpha value is 0.734. The van der Waals surface area contributed by atoms with Crippen LogP contribution in [0.4, 0.5) is 0 Å². The van der Waals surface area contributed by atoms with Gasteiger partial charge in [-0.3, -0.25) is 6.08 Å². The average molecular weight is 387 g/mol. The first kappa shape index (κ1) is 43.4. The van der Waals surface area contributed by atoms with Crippen molar-refractivity contribution >= 4 is 24.8 Å². The van der Waals surface area contributed by atoms with Gasteiger partial charge >= 0.3 is 0 Å². The van der Waals surface area contributed by atoms with Crippen LogP contribution in [0.15, 0.2) is 18.2 Å². The van der Waals surface area contributed by atoms with Crippen molar-refractivity contribution in [3.8, 4) is 0 Å². The summed E-state index contributed by atoms with van der Waals surface area (Å²) in [5, 5.41) is 0. The molecule has 0 aromatic rings. The number of nitrogens with zero attached hydrogens (tertiary/aromatic N) is 1. The second-order valence-corrected chi connectivity index (χ2v) is 4.04. The van der Waals surface area contributed by atoms with Gasteiger partial charge in [-0.05, 0) is 14.1 Å². The predicted octanol–water partition coefficient (Wildman–Crippen LogP) is 6.22. The van der Waals surface area contributed by atoms with Crippen LogP contribution in [0.5, 0.6) is 0 Å². The standard InChI is InChI=1S/C5H5.C4H10N.3C3H7.2ClH.Ti/c1-2-4-5-3-1;1-4-5(2)3;3*1-3-2;;;/h1-3H,4H2;1,4H2,2-3H3;3*3H,1-2H3;2*1H;/q5*-1;;;. The second kappa shape index (κ2) is 57.6. The Balaban J connectivity index is -0.0000000254. The second-order valence-electron chi connectivity index (χ2n) is 4.04. The third kappa shape index (κ3) is 135. The molecule has 0 atom stereocenters. The molecule has 0 bridgehead atoms. The van der Waals surface area contributed by atoms with Crippen molar-refractivity contribution < 1.29 is 21.7 Å². The maximum atomic E-state index is 3.61. The van der Waals surface area contributed by atoms with Crippen LogP contribution in [0.2, 0.25) is 0 Å². The molecule has 138 valence electrons. The van der Waals surface area contributed by atoms with E-state index in [1.54, 1.807) is 0 Å². The monoisotopic (exact) mass is 386 g/mol. The zero-order chi connectivity index (χ0) is 15.9. The number of hydrogen-bond acceptors (Lipinski definition) is 1. The molecule has 0 aliphatic heterocycles. The number of rotatable bonds is 1. The van der Waals surface area contributed by atoms with Gasteiger partial charge in [-0.25, -0.2) is 12.2 Å². The van der Waals surface area contributed by atoms with Gasteiger partial charge in [-0.2, -0.15) is 47.6 Å². The fourth-order valence-corrected chi connectivity index (χ4v) is 0.340. The van der Waals surface area contributed by atoms with Gasteiger partial charge in [0.05, 0.1) is 0 Å². The number of allylic oxidation sites excluding steroid dienone is 4. The Kier molecular flexibility index (Phi) is 114. The molecule has 0 aromatic heterocycles. The van der Waals surface area contributed by atoms with E-state index in [4.69, 9.17) is 0 Å². The van der Waals surface area contributed by atoms with Crippen LogP contribution in [0.1, 0.15) is 48.0 Å². The quantitative estimate of drug-likeness (QED) is 0.381. The van der Waals surface area contributed by atoms with E-state index in [1.165, 1.54) is 0 Å². The van der Waals surface area contributed by atoms with Crippen LogP contribution in [0.25, 0.3) is 0 Å². The molecule has 0 amide bonds. The Morgan fingerprint density at radius 1 is 0.955 bits per heavy atom. The average Bonchev–Trinajstić information content (AvgIpc) is 2.90. The number of hydrogen-bond donors (Lipinski definition) is 0. The van der Waals surface area contributed by atoms with E-state index in [2.05, 4.69) is 19.1 Å². The molecule has 0 unspecified atom stereocenters. The van der Waals surface area contributed by atoms with Crippen molar-refractivity contribution in [3.05, 3.63) is 50.5 Å². The van der Waals surface area contributed by atoms with Crippen LogP contribution in [-0.2, 0) is 21.7 Å². The van der Waals surface area contributed by atoms with Crippen LogP contribution < -0.4 is 0 Å². The summed E-state index contributed by atoms with van der Waals surface area (Å²) in [7, 11) is 3.99. The molecule has 0 saturated heterocycles. The van der Waals surface area contributed by atoms with E-state index in [0.717, 1.165) is 13.0 Å². The zero-order valence-electron chi connectivity index (χ0n) is 15.8. The molecule has 1 rings (SSSR count). The molecule has 0 N–H and O–H groups in total. The van der Waals surface area contributed by atoms with E-state index in [9.17, 15) is 0 Å². The molecule has 0 heterocycles. The summed E-state index contributed by atoms with van der Waals surface area (Å²) in [6, 6.07) is 0. The van der Waals surface area contributed by atoms with Crippen molar-refractivity contribution in [2.75, 3.05) is 20.6 Å². The Bertz CT molecular complexity index is 146. The fraction of sp³-hybridized carbons (Fsp3) is 0.556. The fourth-order valence-electron chi connectivity index (χ4n) is 0.340. The molecule has 4 heteroatoms. The molecule has 1 aliphatic rings. The van der Waals surface area contributed by atoms with Crippen LogP contribution in [-0.4, -0.2) is 25.5 Å². The number of halogens is 2. The summed E-state index contributed by atoms with van der Waals surface area (Å²) in [5.41, 5.74) is 0. The van der Waals surface area contributed by atoms with Gasteiger partial charge in [0.15, 0.2) is 0 Å². The van der Waals surface area contributed by atoms with Gasteiger partial charge in [0.1, 0.15) is 0 Å². The molecule has 0 aromatic carbocycles. The van der Waals surface area contributed by atoms with E-state index >= 15 is 0 Å². The van der Waals surface area contributed by atoms with Gasteiger partial charge in [-0.15, -0.1) is 37.8 Å². The minimum atomic E-state index is 0. The van der Waals surface area contributed by atoms with E-state index < -0.39 is 0 Å². The molecule has 0 spiro atoms. The summed E-state index contributed by atoms with van der Waals surface area (Å²) >= 11 is 0. The molecule has 1 nitrogen and oxygen atoms in total. The van der Waals surface area contributed by atoms with E-state index in [-0.39, 0.29) is 46.5 Å². The summed E-state index contributed by atoms with van der Waals surface area (Å²) in [4.78, 5) is 2.01. The van der Waals surface area contributed by atoms with Crippen LogP contribution in [0, 0.1) is 32.3 Å². The van der Waals surface area contributed by atoms with Crippen molar-refractivity contribution in [3.63, 3.8) is 0 Å². The molecule has 0 fully saturated rings. The molecular weight excluding hydrogens is 349 g/mol. The SMILES string of the molecule is C[CH-]C.C[CH-]C.C[CH-]C.Cl.Cl.[C-]1=CC=CC1.[CH2-]CN(C)C.[Ti]. The molecule has 1 aliphatic carbocycles. The van der Waals surface area contributed by atoms with Crippen LogP contribution in [0.3, 0.4) is 0 Å². The van der Waals surface area contributed by atoms with E-state index in [0.29, 0.717) is 0 Å². The Labute approximate surface area is 170 Å². The van der Waals surface area contributed by atoms with Crippen LogP contribution >= 0.6 is 24.8 Å². The van der Waals surface area contributed by atoms with Gasteiger partial charge in [0.25, 0.3) is 0 Å².